The number of halogens is 3. The predicted molar refractivity (Wildman–Crippen MR) is 72.9 cm³/mol. The lowest BCUT2D eigenvalue weighted by atomic mass is 9.96. The Morgan fingerprint density at radius 3 is 2.43 bits per heavy atom. The Hall–Kier alpha value is -2.01. The molecule has 21 heavy (non-hydrogen) atoms. The summed E-state index contributed by atoms with van der Waals surface area (Å²) >= 11 is 0. The van der Waals surface area contributed by atoms with Crippen LogP contribution in [0.15, 0.2) is 30.3 Å². The van der Waals surface area contributed by atoms with E-state index in [4.69, 9.17) is 4.74 Å². The van der Waals surface area contributed by atoms with E-state index in [1.165, 1.54) is 0 Å². The van der Waals surface area contributed by atoms with E-state index in [0.717, 1.165) is 35.4 Å². The number of fused-ring (bicyclic) bond motifs is 1. The van der Waals surface area contributed by atoms with E-state index in [1.807, 2.05) is 18.2 Å². The van der Waals surface area contributed by atoms with Crippen LogP contribution >= 0.6 is 0 Å². The molecule has 1 N–H and O–H groups in total. The summed E-state index contributed by atoms with van der Waals surface area (Å²) in [5.41, 5.74) is 2.26. The van der Waals surface area contributed by atoms with Gasteiger partial charge in [-0.2, -0.15) is 0 Å². The van der Waals surface area contributed by atoms with Crippen molar-refractivity contribution in [3.8, 4) is 5.75 Å². The van der Waals surface area contributed by atoms with Crippen molar-refractivity contribution in [1.29, 1.82) is 0 Å². The van der Waals surface area contributed by atoms with Crippen LogP contribution < -0.4 is 10.1 Å². The molecule has 0 saturated heterocycles. The summed E-state index contributed by atoms with van der Waals surface area (Å²) < 4.78 is 45.3. The van der Waals surface area contributed by atoms with Crippen molar-refractivity contribution in [2.24, 2.45) is 0 Å². The van der Waals surface area contributed by atoms with Crippen molar-refractivity contribution in [3.63, 3.8) is 0 Å². The Balaban J connectivity index is 2.02. The van der Waals surface area contributed by atoms with Crippen molar-refractivity contribution in [2.45, 2.75) is 12.5 Å². The van der Waals surface area contributed by atoms with E-state index in [-0.39, 0.29) is 0 Å². The second kappa shape index (κ2) is 5.41. The van der Waals surface area contributed by atoms with Gasteiger partial charge in [0.2, 0.25) is 0 Å². The van der Waals surface area contributed by atoms with Crippen LogP contribution in [0.3, 0.4) is 0 Å². The molecule has 3 rings (SSSR count). The molecule has 0 radical (unpaired) electrons. The Bertz CT molecular complexity index is 664. The molecule has 0 amide bonds. The van der Waals surface area contributed by atoms with E-state index >= 15 is 0 Å². The van der Waals surface area contributed by atoms with E-state index in [2.05, 4.69) is 5.32 Å². The quantitative estimate of drug-likeness (QED) is 0.876. The molecule has 0 spiro atoms. The lowest BCUT2D eigenvalue weighted by Gasteiger charge is -2.18. The zero-order valence-corrected chi connectivity index (χ0v) is 11.4. The summed E-state index contributed by atoms with van der Waals surface area (Å²) in [5.74, 6) is -2.98. The monoisotopic (exact) mass is 293 g/mol. The smallest absolute Gasteiger partial charge is 0.194 e. The van der Waals surface area contributed by atoms with Gasteiger partial charge in [-0.1, -0.05) is 12.1 Å². The summed E-state index contributed by atoms with van der Waals surface area (Å²) in [6.07, 6.45) is 0.811. The highest BCUT2D eigenvalue weighted by molar-refractivity contribution is 5.43. The van der Waals surface area contributed by atoms with Crippen LogP contribution in [-0.2, 0) is 6.42 Å². The van der Waals surface area contributed by atoms with Gasteiger partial charge in [0.25, 0.3) is 0 Å². The van der Waals surface area contributed by atoms with Gasteiger partial charge in [0.05, 0.1) is 12.6 Å². The number of hydrogen-bond donors (Lipinski definition) is 1. The maximum Gasteiger partial charge on any atom is 0.194 e. The fraction of sp³-hybridized carbons (Fsp3) is 0.250. The molecule has 1 heterocycles. The lowest BCUT2D eigenvalue weighted by Crippen LogP contribution is -2.18. The van der Waals surface area contributed by atoms with Gasteiger partial charge in [-0.25, -0.2) is 13.2 Å². The van der Waals surface area contributed by atoms with Gasteiger partial charge in [-0.3, -0.25) is 0 Å². The molecular formula is C16H14F3NO. The van der Waals surface area contributed by atoms with E-state index in [9.17, 15) is 13.2 Å². The third kappa shape index (κ3) is 2.49. The molecule has 0 bridgehead atoms. The number of benzene rings is 2. The number of ether oxygens (including phenoxy) is 1. The normalized spacial score (nSPS) is 14.7. The van der Waals surface area contributed by atoms with E-state index in [0.29, 0.717) is 12.2 Å². The van der Waals surface area contributed by atoms with Crippen molar-refractivity contribution in [2.75, 3.05) is 13.7 Å². The fourth-order valence-corrected chi connectivity index (χ4v) is 2.65. The molecule has 5 heteroatoms. The molecule has 1 aliphatic rings. The summed E-state index contributed by atoms with van der Waals surface area (Å²) in [5, 5.41) is 3.00. The first-order valence-electron chi connectivity index (χ1n) is 6.67. The molecule has 0 aromatic heterocycles. The highest BCUT2D eigenvalue weighted by Gasteiger charge is 2.20. The van der Waals surface area contributed by atoms with Gasteiger partial charge in [0.15, 0.2) is 17.5 Å². The number of rotatable bonds is 3. The van der Waals surface area contributed by atoms with Gasteiger partial charge in [-0.15, -0.1) is 0 Å². The molecule has 1 aliphatic heterocycles. The topological polar surface area (TPSA) is 21.3 Å². The number of hydrogen-bond acceptors (Lipinski definition) is 2. The fourth-order valence-electron chi connectivity index (χ4n) is 2.65. The van der Waals surface area contributed by atoms with Crippen molar-refractivity contribution in [1.82, 2.24) is 5.32 Å². The molecular weight excluding hydrogens is 279 g/mol. The third-order valence-electron chi connectivity index (χ3n) is 3.67. The summed E-state index contributed by atoms with van der Waals surface area (Å²) in [7, 11) is 1.69. The first-order chi connectivity index (χ1) is 10.1. The Morgan fingerprint density at radius 2 is 1.76 bits per heavy atom. The van der Waals surface area contributed by atoms with Crippen LogP contribution in [0, 0.1) is 17.5 Å². The summed E-state index contributed by atoms with van der Waals surface area (Å²) in [6.45, 7) is 0.642. The first kappa shape index (κ1) is 13.9. The van der Waals surface area contributed by atoms with E-state index in [1.54, 1.807) is 7.05 Å². The maximum atomic E-state index is 13.4. The summed E-state index contributed by atoms with van der Waals surface area (Å²) in [4.78, 5) is 0. The Labute approximate surface area is 120 Å². The van der Waals surface area contributed by atoms with Gasteiger partial charge >= 0.3 is 0 Å². The van der Waals surface area contributed by atoms with Gasteiger partial charge in [0.1, 0.15) is 5.75 Å². The molecule has 0 aliphatic carbocycles. The van der Waals surface area contributed by atoms with Crippen LogP contribution in [0.25, 0.3) is 0 Å². The molecule has 0 fully saturated rings. The SMILES string of the molecule is CNC(c1cc(F)c(F)c(F)c1)c1ccc2c(c1)CCO2. The average molecular weight is 293 g/mol. The molecule has 1 atom stereocenters. The lowest BCUT2D eigenvalue weighted by molar-refractivity contribution is 0.357. The minimum absolute atomic E-state index is 0.341. The van der Waals surface area contributed by atoms with Crippen LogP contribution in [0.5, 0.6) is 5.75 Å². The Kier molecular flexibility index (Phi) is 3.59. The third-order valence-corrected chi connectivity index (χ3v) is 3.67. The molecule has 0 saturated carbocycles. The zero-order valence-electron chi connectivity index (χ0n) is 11.4. The molecule has 110 valence electrons. The average Bonchev–Trinajstić information content (AvgIpc) is 2.93. The van der Waals surface area contributed by atoms with Crippen molar-refractivity contribution >= 4 is 0 Å². The van der Waals surface area contributed by atoms with Crippen LogP contribution in [0.4, 0.5) is 13.2 Å². The first-order valence-corrected chi connectivity index (χ1v) is 6.67. The predicted octanol–water partition coefficient (Wildman–Crippen LogP) is 3.35. The second-order valence-electron chi connectivity index (χ2n) is 4.99. The highest BCUT2D eigenvalue weighted by Crippen LogP contribution is 2.31. The van der Waals surface area contributed by atoms with Gasteiger partial charge in [0, 0.05) is 6.42 Å². The highest BCUT2D eigenvalue weighted by atomic mass is 19.2. The summed E-state index contributed by atoms with van der Waals surface area (Å²) in [6, 6.07) is 7.25. The largest absolute Gasteiger partial charge is 0.493 e. The minimum Gasteiger partial charge on any atom is -0.493 e. The van der Waals surface area contributed by atoms with Crippen molar-refractivity contribution < 1.29 is 17.9 Å². The standard InChI is InChI=1S/C16H14F3NO/c1-20-16(11-7-12(17)15(19)13(18)8-11)10-2-3-14-9(6-10)4-5-21-14/h2-3,6-8,16,20H,4-5H2,1H3. The Morgan fingerprint density at radius 1 is 1.05 bits per heavy atom. The molecule has 1 unspecified atom stereocenters. The van der Waals surface area contributed by atoms with Crippen LogP contribution in [0.1, 0.15) is 22.7 Å². The maximum absolute atomic E-state index is 13.4. The van der Waals surface area contributed by atoms with Crippen LogP contribution in [0.2, 0.25) is 0 Å². The van der Waals surface area contributed by atoms with Gasteiger partial charge in [-0.05, 0) is 41.9 Å². The van der Waals surface area contributed by atoms with Gasteiger partial charge < -0.3 is 10.1 Å². The molecule has 2 aromatic carbocycles. The molecule has 2 aromatic rings. The zero-order chi connectivity index (χ0) is 15.0. The van der Waals surface area contributed by atoms with Crippen LogP contribution in [-0.4, -0.2) is 13.7 Å². The number of nitrogens with one attached hydrogen (secondary N) is 1. The molecule has 2 nitrogen and oxygen atoms in total. The second-order valence-corrected chi connectivity index (χ2v) is 4.99. The van der Waals surface area contributed by atoms with Crippen molar-refractivity contribution in [3.05, 3.63) is 64.5 Å². The minimum atomic E-state index is -1.45. The van der Waals surface area contributed by atoms with E-state index < -0.39 is 23.5 Å².